The monoisotopic (exact) mass is 314 g/mol. The number of nitrogens with zero attached hydrogens (tertiary/aromatic N) is 2. The van der Waals surface area contributed by atoms with Crippen molar-refractivity contribution in [1.82, 2.24) is 0 Å². The molecule has 0 saturated carbocycles. The zero-order valence-electron chi connectivity index (χ0n) is 10.0. The molecule has 0 radical (unpaired) electrons. The molecule has 0 amide bonds. The number of aldehydes is 1. The Hall–Kier alpha value is -1.94. The van der Waals surface area contributed by atoms with Crippen molar-refractivity contribution in [2.45, 2.75) is 6.04 Å². The summed E-state index contributed by atoms with van der Waals surface area (Å²) in [4.78, 5) is 11.5. The van der Waals surface area contributed by atoms with Gasteiger partial charge in [0.2, 0.25) is 0 Å². The summed E-state index contributed by atoms with van der Waals surface area (Å²) in [5.74, 6) is 0. The maximum Gasteiger partial charge on any atom is 0.149 e. The minimum atomic E-state index is -0.389. The van der Waals surface area contributed by atoms with E-state index in [1.165, 1.54) is 0 Å². The second-order valence-electron chi connectivity index (χ2n) is 4.24. The van der Waals surface area contributed by atoms with Crippen molar-refractivity contribution in [2.24, 2.45) is 5.10 Å². The van der Waals surface area contributed by atoms with Crippen LogP contribution < -0.4 is 5.01 Å². The summed E-state index contributed by atoms with van der Waals surface area (Å²) in [7, 11) is 0. The van der Waals surface area contributed by atoms with Crippen molar-refractivity contribution in [3.05, 3.63) is 65.7 Å². The molecule has 0 spiro atoms. The van der Waals surface area contributed by atoms with E-state index in [4.69, 9.17) is 0 Å². The second-order valence-corrected chi connectivity index (χ2v) is 4.99. The number of para-hydroxylation sites is 1. The predicted molar refractivity (Wildman–Crippen MR) is 79.6 cm³/mol. The molecule has 0 aliphatic carbocycles. The van der Waals surface area contributed by atoms with Crippen LogP contribution in [-0.2, 0) is 4.79 Å². The van der Waals surface area contributed by atoms with Crippen molar-refractivity contribution >= 4 is 32.5 Å². The summed E-state index contributed by atoms with van der Waals surface area (Å²) in [6, 6.07) is 17.1. The minimum Gasteiger partial charge on any atom is -0.301 e. The number of hydrazone groups is 1. The smallest absolute Gasteiger partial charge is 0.149 e. The quantitative estimate of drug-likeness (QED) is 0.795. The first-order valence-corrected chi connectivity index (χ1v) is 6.73. The van der Waals surface area contributed by atoms with Crippen LogP contribution in [0.25, 0.3) is 0 Å². The number of halogens is 1. The molecule has 94 valence electrons. The molecule has 1 atom stereocenters. The van der Waals surface area contributed by atoms with Crippen LogP contribution in [0.2, 0.25) is 0 Å². The van der Waals surface area contributed by atoms with Crippen LogP contribution in [0.1, 0.15) is 17.2 Å². The van der Waals surface area contributed by atoms with Gasteiger partial charge in [-0.1, -0.05) is 42.5 Å². The summed E-state index contributed by atoms with van der Waals surface area (Å²) >= 11 is 3.47. The van der Waals surface area contributed by atoms with Crippen LogP contribution in [-0.4, -0.2) is 10.9 Å². The Morgan fingerprint density at radius 3 is 2.47 bits per heavy atom. The average Bonchev–Trinajstić information content (AvgIpc) is 2.48. The molecule has 0 aromatic heterocycles. The third kappa shape index (κ3) is 2.08. The van der Waals surface area contributed by atoms with Gasteiger partial charge in [0, 0.05) is 5.56 Å². The summed E-state index contributed by atoms with van der Waals surface area (Å²) in [5, 5.41) is 6.22. The largest absolute Gasteiger partial charge is 0.301 e. The van der Waals surface area contributed by atoms with E-state index >= 15 is 0 Å². The van der Waals surface area contributed by atoms with Crippen molar-refractivity contribution in [3.8, 4) is 0 Å². The number of anilines is 1. The summed E-state index contributed by atoms with van der Waals surface area (Å²) in [6.07, 6.45) is 0.925. The first-order valence-electron chi connectivity index (χ1n) is 5.94. The molecular formula is C15H11BrN2O. The van der Waals surface area contributed by atoms with E-state index in [0.29, 0.717) is 0 Å². The molecule has 1 unspecified atom stereocenters. The van der Waals surface area contributed by atoms with Crippen molar-refractivity contribution in [3.63, 3.8) is 0 Å². The number of fused-ring (bicyclic) bond motifs is 1. The first-order chi connectivity index (χ1) is 9.31. The molecule has 2 aromatic rings. The Morgan fingerprint density at radius 1 is 1.05 bits per heavy atom. The second kappa shape index (κ2) is 4.97. The molecule has 19 heavy (non-hydrogen) atoms. The number of hydrogen-bond acceptors (Lipinski definition) is 3. The Morgan fingerprint density at radius 2 is 1.74 bits per heavy atom. The lowest BCUT2D eigenvalue weighted by molar-refractivity contribution is -0.109. The lowest BCUT2D eigenvalue weighted by atomic mass is 9.99. The highest BCUT2D eigenvalue weighted by Gasteiger charge is 2.28. The van der Waals surface area contributed by atoms with Gasteiger partial charge in [0.15, 0.2) is 0 Å². The van der Waals surface area contributed by atoms with Crippen LogP contribution >= 0.6 is 15.9 Å². The van der Waals surface area contributed by atoms with Gasteiger partial charge in [0.1, 0.15) is 16.9 Å². The van der Waals surface area contributed by atoms with Gasteiger partial charge in [-0.3, -0.25) is 0 Å². The van der Waals surface area contributed by atoms with Gasteiger partial charge in [-0.2, -0.15) is 5.10 Å². The van der Waals surface area contributed by atoms with Gasteiger partial charge in [-0.05, 0) is 33.6 Å². The van der Waals surface area contributed by atoms with E-state index in [1.54, 1.807) is 5.01 Å². The molecule has 4 heteroatoms. The standard InChI is InChI=1S/C15H11BrN2O/c16-15-13-9-5-4-8-12(13)14(10-19)18(17-15)11-6-2-1-3-7-11/h1-10,14H. The highest BCUT2D eigenvalue weighted by Crippen LogP contribution is 2.33. The maximum atomic E-state index is 11.5. The molecule has 0 saturated heterocycles. The average molecular weight is 315 g/mol. The summed E-state index contributed by atoms with van der Waals surface area (Å²) in [5.41, 5.74) is 2.82. The molecule has 1 aliphatic heterocycles. The number of rotatable bonds is 2. The zero-order valence-corrected chi connectivity index (χ0v) is 11.6. The van der Waals surface area contributed by atoms with Crippen molar-refractivity contribution in [1.29, 1.82) is 0 Å². The number of carbonyl (C=O) groups is 1. The normalized spacial score (nSPS) is 17.6. The minimum absolute atomic E-state index is 0.389. The zero-order chi connectivity index (χ0) is 13.2. The predicted octanol–water partition coefficient (Wildman–Crippen LogP) is 3.50. The molecule has 3 nitrogen and oxygen atoms in total. The number of hydrogen-bond donors (Lipinski definition) is 0. The Bertz CT molecular complexity index is 640. The van der Waals surface area contributed by atoms with Gasteiger partial charge in [-0.25, -0.2) is 5.01 Å². The lowest BCUT2D eigenvalue weighted by Gasteiger charge is -2.31. The van der Waals surface area contributed by atoms with E-state index in [0.717, 1.165) is 27.7 Å². The van der Waals surface area contributed by atoms with Crippen LogP contribution in [0, 0.1) is 0 Å². The molecule has 2 aromatic carbocycles. The van der Waals surface area contributed by atoms with Crippen molar-refractivity contribution < 1.29 is 4.79 Å². The SMILES string of the molecule is O=CC1c2ccccc2C(Br)=NN1c1ccccc1. The van der Waals surface area contributed by atoms with E-state index in [-0.39, 0.29) is 6.04 Å². The number of benzene rings is 2. The fourth-order valence-corrected chi connectivity index (χ4v) is 2.75. The molecule has 1 heterocycles. The Kier molecular flexibility index (Phi) is 3.17. The summed E-state index contributed by atoms with van der Waals surface area (Å²) < 4.78 is 0.741. The van der Waals surface area contributed by atoms with Gasteiger partial charge in [-0.15, -0.1) is 0 Å². The van der Waals surface area contributed by atoms with E-state index < -0.39 is 0 Å². The van der Waals surface area contributed by atoms with Gasteiger partial charge < -0.3 is 4.79 Å². The van der Waals surface area contributed by atoms with Gasteiger partial charge in [0.05, 0.1) is 5.69 Å². The lowest BCUT2D eigenvalue weighted by Crippen LogP contribution is -2.30. The van der Waals surface area contributed by atoms with Crippen LogP contribution in [0.5, 0.6) is 0 Å². The van der Waals surface area contributed by atoms with E-state index in [1.807, 2.05) is 54.6 Å². The maximum absolute atomic E-state index is 11.5. The van der Waals surface area contributed by atoms with Crippen molar-refractivity contribution in [2.75, 3.05) is 5.01 Å². The molecule has 0 N–H and O–H groups in total. The van der Waals surface area contributed by atoms with Gasteiger partial charge >= 0.3 is 0 Å². The van der Waals surface area contributed by atoms with Crippen LogP contribution in [0.3, 0.4) is 0 Å². The third-order valence-corrected chi connectivity index (χ3v) is 3.70. The van der Waals surface area contributed by atoms with Crippen LogP contribution in [0.15, 0.2) is 59.7 Å². The fourth-order valence-electron chi connectivity index (χ4n) is 2.22. The van der Waals surface area contributed by atoms with E-state index in [9.17, 15) is 4.79 Å². The highest BCUT2D eigenvalue weighted by atomic mass is 79.9. The van der Waals surface area contributed by atoms with Crippen LogP contribution in [0.4, 0.5) is 5.69 Å². The number of carbonyl (C=O) groups excluding carboxylic acids is 1. The highest BCUT2D eigenvalue weighted by molar-refractivity contribution is 9.18. The first kappa shape index (κ1) is 12.1. The fraction of sp³-hybridized carbons (Fsp3) is 0.0667. The Labute approximate surface area is 119 Å². The molecule has 3 rings (SSSR count). The third-order valence-electron chi connectivity index (χ3n) is 3.11. The molecule has 0 bridgehead atoms. The van der Waals surface area contributed by atoms with Gasteiger partial charge in [0.25, 0.3) is 0 Å². The molecule has 0 fully saturated rings. The summed E-state index contributed by atoms with van der Waals surface area (Å²) in [6.45, 7) is 0. The molecule has 1 aliphatic rings. The Balaban J connectivity index is 2.14. The molecular weight excluding hydrogens is 304 g/mol. The van der Waals surface area contributed by atoms with E-state index in [2.05, 4.69) is 21.0 Å². The topological polar surface area (TPSA) is 32.7 Å².